The predicted molar refractivity (Wildman–Crippen MR) is 65.0 cm³/mol. The first kappa shape index (κ1) is 13.4. The van der Waals surface area contributed by atoms with Crippen molar-refractivity contribution in [2.24, 2.45) is 0 Å². The number of hydroxylamine groups is 1. The molecular weight excluding hydrogens is 218 g/mol. The van der Waals surface area contributed by atoms with Gasteiger partial charge in [-0.3, -0.25) is 9.63 Å². The van der Waals surface area contributed by atoms with Crippen LogP contribution in [0.1, 0.15) is 12.5 Å². The van der Waals surface area contributed by atoms with E-state index in [0.29, 0.717) is 6.61 Å². The molecule has 1 N–H and O–H groups in total. The molecule has 0 amide bonds. The molecule has 0 radical (unpaired) electrons. The van der Waals surface area contributed by atoms with Gasteiger partial charge in [-0.2, -0.15) is 5.48 Å². The van der Waals surface area contributed by atoms with E-state index < -0.39 is 6.04 Å². The normalized spacial score (nSPS) is 11.8. The molecule has 1 rings (SSSR count). The maximum atomic E-state index is 11.5. The molecule has 0 aliphatic carbocycles. The van der Waals surface area contributed by atoms with Crippen LogP contribution in [0.15, 0.2) is 43.0 Å². The summed E-state index contributed by atoms with van der Waals surface area (Å²) >= 11 is 0. The van der Waals surface area contributed by atoms with Crippen molar-refractivity contribution in [3.05, 3.63) is 48.6 Å². The Bertz CT molecular complexity index is 351. The molecular formula is C13H17NO3. The van der Waals surface area contributed by atoms with Crippen molar-refractivity contribution in [2.45, 2.75) is 19.6 Å². The fourth-order valence-electron chi connectivity index (χ4n) is 1.13. The Morgan fingerprint density at radius 1 is 1.47 bits per heavy atom. The van der Waals surface area contributed by atoms with Gasteiger partial charge in [0.05, 0.1) is 6.61 Å². The van der Waals surface area contributed by atoms with Gasteiger partial charge < -0.3 is 4.74 Å². The summed E-state index contributed by atoms with van der Waals surface area (Å²) < 4.78 is 5.11. The minimum absolute atomic E-state index is 0.271. The van der Waals surface area contributed by atoms with Crippen LogP contribution in [0, 0.1) is 0 Å². The van der Waals surface area contributed by atoms with Crippen LogP contribution in [0.25, 0.3) is 0 Å². The van der Waals surface area contributed by atoms with Crippen molar-refractivity contribution in [3.63, 3.8) is 0 Å². The van der Waals surface area contributed by atoms with Crippen LogP contribution >= 0.6 is 0 Å². The Balaban J connectivity index is 2.26. The third-order valence-corrected chi connectivity index (χ3v) is 2.04. The van der Waals surface area contributed by atoms with Crippen molar-refractivity contribution in [3.8, 4) is 0 Å². The molecule has 0 bridgehead atoms. The van der Waals surface area contributed by atoms with E-state index >= 15 is 0 Å². The molecule has 0 aliphatic heterocycles. The first-order valence-electron chi connectivity index (χ1n) is 5.43. The summed E-state index contributed by atoms with van der Waals surface area (Å²) in [5, 5.41) is 0. The lowest BCUT2D eigenvalue weighted by Crippen LogP contribution is -2.35. The molecule has 0 aromatic heterocycles. The highest BCUT2D eigenvalue weighted by Gasteiger charge is 2.13. The van der Waals surface area contributed by atoms with Gasteiger partial charge in [-0.15, -0.1) is 6.58 Å². The fourth-order valence-corrected chi connectivity index (χ4v) is 1.13. The molecule has 1 atom stereocenters. The molecule has 4 heteroatoms. The molecule has 4 nitrogen and oxygen atoms in total. The number of hydrogen-bond acceptors (Lipinski definition) is 4. The van der Waals surface area contributed by atoms with Crippen molar-refractivity contribution in [2.75, 3.05) is 6.61 Å². The highest BCUT2D eigenvalue weighted by molar-refractivity contribution is 5.75. The minimum atomic E-state index is -0.501. The summed E-state index contributed by atoms with van der Waals surface area (Å²) in [6, 6.07) is 9.02. The summed E-state index contributed by atoms with van der Waals surface area (Å²) in [6.07, 6.45) is 1.59. The van der Waals surface area contributed by atoms with Gasteiger partial charge in [-0.1, -0.05) is 36.4 Å². The van der Waals surface area contributed by atoms with Gasteiger partial charge >= 0.3 is 5.97 Å². The summed E-state index contributed by atoms with van der Waals surface area (Å²) in [7, 11) is 0. The van der Waals surface area contributed by atoms with E-state index in [1.165, 1.54) is 0 Å². The van der Waals surface area contributed by atoms with Gasteiger partial charge in [0.1, 0.15) is 12.6 Å². The lowest BCUT2D eigenvalue weighted by Gasteiger charge is -2.12. The third-order valence-electron chi connectivity index (χ3n) is 2.04. The predicted octanol–water partition coefficient (Wildman–Crippen LogP) is 1.83. The fraction of sp³-hybridized carbons (Fsp3) is 0.308. The highest BCUT2D eigenvalue weighted by atomic mass is 16.6. The average Bonchev–Trinajstić information content (AvgIpc) is 2.37. The van der Waals surface area contributed by atoms with Crippen molar-refractivity contribution >= 4 is 5.97 Å². The first-order valence-corrected chi connectivity index (χ1v) is 5.43. The van der Waals surface area contributed by atoms with E-state index in [0.717, 1.165) is 5.56 Å². The lowest BCUT2D eigenvalue weighted by molar-refractivity contribution is -0.151. The van der Waals surface area contributed by atoms with Crippen molar-refractivity contribution in [1.82, 2.24) is 5.48 Å². The second kappa shape index (κ2) is 7.60. The Morgan fingerprint density at radius 2 is 2.18 bits per heavy atom. The smallest absolute Gasteiger partial charge is 0.325 e. The number of benzene rings is 1. The monoisotopic (exact) mass is 235 g/mol. The van der Waals surface area contributed by atoms with Gasteiger partial charge in [0.15, 0.2) is 0 Å². The van der Waals surface area contributed by atoms with Gasteiger partial charge in [0, 0.05) is 0 Å². The Hall–Kier alpha value is -1.65. The number of nitrogens with one attached hydrogen (secondary N) is 1. The number of carbonyl (C=O) groups is 1. The lowest BCUT2D eigenvalue weighted by atomic mass is 10.2. The summed E-state index contributed by atoms with van der Waals surface area (Å²) in [6.45, 7) is 5.79. The molecule has 1 unspecified atom stereocenters. The summed E-state index contributed by atoms with van der Waals surface area (Å²) in [5.41, 5.74) is 3.53. The Labute approximate surface area is 101 Å². The molecule has 0 saturated heterocycles. The van der Waals surface area contributed by atoms with E-state index in [1.54, 1.807) is 13.0 Å². The first-order chi connectivity index (χ1) is 8.24. The second-order valence-electron chi connectivity index (χ2n) is 3.53. The molecule has 0 heterocycles. The molecule has 0 fully saturated rings. The van der Waals surface area contributed by atoms with E-state index in [1.807, 2.05) is 30.3 Å². The van der Waals surface area contributed by atoms with E-state index in [2.05, 4.69) is 12.1 Å². The second-order valence-corrected chi connectivity index (χ2v) is 3.53. The van der Waals surface area contributed by atoms with Crippen molar-refractivity contribution < 1.29 is 14.4 Å². The number of rotatable bonds is 7. The Morgan fingerprint density at radius 3 is 2.82 bits per heavy atom. The average molecular weight is 235 g/mol. The van der Waals surface area contributed by atoms with Crippen LogP contribution in [0.5, 0.6) is 0 Å². The van der Waals surface area contributed by atoms with Gasteiger partial charge in [0.2, 0.25) is 0 Å². The zero-order valence-corrected chi connectivity index (χ0v) is 9.89. The topological polar surface area (TPSA) is 47.6 Å². The van der Waals surface area contributed by atoms with Gasteiger partial charge in [-0.05, 0) is 12.5 Å². The van der Waals surface area contributed by atoms with Crippen LogP contribution in [0.2, 0.25) is 0 Å². The number of esters is 1. The quantitative estimate of drug-likeness (QED) is 0.339. The van der Waals surface area contributed by atoms with Crippen LogP contribution < -0.4 is 5.48 Å². The molecule has 0 saturated carbocycles. The maximum Gasteiger partial charge on any atom is 0.325 e. The van der Waals surface area contributed by atoms with Crippen LogP contribution in [0.4, 0.5) is 0 Å². The number of carbonyl (C=O) groups excluding carboxylic acids is 1. The summed E-state index contributed by atoms with van der Waals surface area (Å²) in [4.78, 5) is 16.5. The third kappa shape index (κ3) is 5.29. The minimum Gasteiger partial charge on any atom is -0.460 e. The zero-order valence-electron chi connectivity index (χ0n) is 9.89. The Kier molecular flexibility index (Phi) is 5.99. The molecule has 17 heavy (non-hydrogen) atoms. The number of ether oxygens (including phenoxy) is 1. The maximum absolute atomic E-state index is 11.5. The molecule has 1 aromatic rings. The SMILES string of the molecule is C=CCONC(C)C(=O)OCc1ccccc1. The van der Waals surface area contributed by atoms with Crippen LogP contribution in [0.3, 0.4) is 0 Å². The molecule has 92 valence electrons. The van der Waals surface area contributed by atoms with E-state index in [-0.39, 0.29) is 12.6 Å². The van der Waals surface area contributed by atoms with Crippen molar-refractivity contribution in [1.29, 1.82) is 0 Å². The van der Waals surface area contributed by atoms with Gasteiger partial charge in [-0.25, -0.2) is 0 Å². The van der Waals surface area contributed by atoms with Crippen LogP contribution in [-0.4, -0.2) is 18.6 Å². The highest BCUT2D eigenvalue weighted by Crippen LogP contribution is 2.01. The standard InChI is InChI=1S/C13H17NO3/c1-3-9-17-14-11(2)13(15)16-10-12-7-5-4-6-8-12/h3-8,11,14H,1,9-10H2,2H3. The largest absolute Gasteiger partial charge is 0.460 e. The molecule has 1 aromatic carbocycles. The van der Waals surface area contributed by atoms with Gasteiger partial charge in [0.25, 0.3) is 0 Å². The summed E-state index contributed by atoms with van der Waals surface area (Å²) in [5.74, 6) is -0.349. The number of hydrogen-bond donors (Lipinski definition) is 1. The van der Waals surface area contributed by atoms with Crippen LogP contribution in [-0.2, 0) is 21.0 Å². The molecule has 0 aliphatic rings. The van der Waals surface area contributed by atoms with E-state index in [9.17, 15) is 4.79 Å². The molecule has 0 spiro atoms. The zero-order chi connectivity index (χ0) is 12.5. The van der Waals surface area contributed by atoms with E-state index in [4.69, 9.17) is 9.57 Å².